The number of carbonyl (C=O) groups excluding carboxylic acids is 1. The highest BCUT2D eigenvalue weighted by Gasteiger charge is 2.16. The van der Waals surface area contributed by atoms with Gasteiger partial charge in [-0.2, -0.15) is 5.26 Å². The molecule has 0 saturated carbocycles. The van der Waals surface area contributed by atoms with Crippen LogP contribution in [0, 0.1) is 17.1 Å². The van der Waals surface area contributed by atoms with Crippen LogP contribution in [-0.2, 0) is 4.79 Å². The topological polar surface area (TPSA) is 53.3 Å². The number of benzene rings is 2. The van der Waals surface area contributed by atoms with Gasteiger partial charge in [-0.15, -0.1) is 11.8 Å². The monoisotopic (exact) mass is 392 g/mol. The fourth-order valence-corrected chi connectivity index (χ4v) is 3.29. The molecule has 1 amide bonds. The first-order valence-corrected chi connectivity index (χ1v) is 9.39. The number of nitriles is 1. The minimum Gasteiger partial charge on any atom is -0.494 e. The number of nitrogens with zero attached hydrogens (tertiary/aromatic N) is 2. The van der Waals surface area contributed by atoms with E-state index in [1.807, 2.05) is 6.92 Å². The predicted octanol–water partition coefficient (Wildman–Crippen LogP) is 4.92. The average molecular weight is 393 g/mol. The molecule has 0 aliphatic carbocycles. The van der Waals surface area contributed by atoms with Gasteiger partial charge in [0.25, 0.3) is 0 Å². The number of thioether (sulfide) groups is 1. The fourth-order valence-electron chi connectivity index (χ4n) is 2.24. The Bertz CT molecular complexity index is 793. The van der Waals surface area contributed by atoms with Gasteiger partial charge in [-0.1, -0.05) is 11.6 Å². The predicted molar refractivity (Wildman–Crippen MR) is 102 cm³/mol. The number of ether oxygens (including phenoxy) is 1. The third kappa shape index (κ3) is 5.65. The smallest absolute Gasteiger partial charge is 0.237 e. The van der Waals surface area contributed by atoms with Crippen LogP contribution < -0.4 is 9.64 Å². The zero-order valence-electron chi connectivity index (χ0n) is 14.2. The van der Waals surface area contributed by atoms with Crippen molar-refractivity contribution in [1.82, 2.24) is 0 Å². The second-order valence-corrected chi connectivity index (χ2v) is 6.70. The standard InChI is InChI=1S/C19H18ClFN2O2S/c1-2-25-15-6-4-14(5-7-15)23(11-3-10-22)19(24)13-26-16-8-9-18(21)17(20)12-16/h4-9,12H,2-3,11,13H2,1H3. The molecule has 0 heterocycles. The molecule has 0 spiro atoms. The summed E-state index contributed by atoms with van der Waals surface area (Å²) in [5, 5.41) is 8.88. The Labute approximate surface area is 161 Å². The second-order valence-electron chi connectivity index (χ2n) is 5.24. The van der Waals surface area contributed by atoms with Crippen molar-refractivity contribution < 1.29 is 13.9 Å². The zero-order valence-corrected chi connectivity index (χ0v) is 15.8. The molecule has 0 N–H and O–H groups in total. The van der Waals surface area contributed by atoms with Crippen LogP contribution in [0.25, 0.3) is 0 Å². The maximum atomic E-state index is 13.2. The van der Waals surface area contributed by atoms with Crippen LogP contribution in [0.4, 0.5) is 10.1 Å². The average Bonchev–Trinajstić information content (AvgIpc) is 2.64. The van der Waals surface area contributed by atoms with Crippen molar-refractivity contribution >= 4 is 35.0 Å². The van der Waals surface area contributed by atoms with Crippen LogP contribution >= 0.6 is 23.4 Å². The normalized spacial score (nSPS) is 10.2. The Kier molecular flexibility index (Phi) is 7.76. The summed E-state index contributed by atoms with van der Waals surface area (Å²) in [5.41, 5.74) is 0.700. The van der Waals surface area contributed by atoms with Gasteiger partial charge in [-0.05, 0) is 49.4 Å². The molecule has 0 radical (unpaired) electrons. The highest BCUT2D eigenvalue weighted by atomic mass is 35.5. The summed E-state index contributed by atoms with van der Waals surface area (Å²) in [6.07, 6.45) is 0.228. The van der Waals surface area contributed by atoms with Gasteiger partial charge in [0, 0.05) is 17.1 Å². The molecular formula is C19H18ClFN2O2S. The molecule has 0 aliphatic heterocycles. The van der Waals surface area contributed by atoms with E-state index in [0.29, 0.717) is 23.7 Å². The number of carbonyl (C=O) groups is 1. The summed E-state index contributed by atoms with van der Waals surface area (Å²) < 4.78 is 18.6. The molecule has 0 aliphatic rings. The lowest BCUT2D eigenvalue weighted by molar-refractivity contribution is -0.116. The Hall–Kier alpha value is -2.23. The summed E-state index contributed by atoms with van der Waals surface area (Å²) >= 11 is 7.03. The van der Waals surface area contributed by atoms with E-state index in [1.54, 1.807) is 35.2 Å². The highest BCUT2D eigenvalue weighted by molar-refractivity contribution is 8.00. The minimum atomic E-state index is -0.493. The first kappa shape index (κ1) is 20.1. The van der Waals surface area contributed by atoms with Crippen LogP contribution in [0.5, 0.6) is 5.75 Å². The summed E-state index contributed by atoms with van der Waals surface area (Å²) in [6, 6.07) is 13.6. The number of hydrogen-bond donors (Lipinski definition) is 0. The van der Waals surface area contributed by atoms with E-state index < -0.39 is 5.82 Å². The van der Waals surface area contributed by atoms with Gasteiger partial charge in [-0.25, -0.2) is 4.39 Å². The van der Waals surface area contributed by atoms with Gasteiger partial charge < -0.3 is 9.64 Å². The molecule has 0 bridgehead atoms. The molecule has 0 atom stereocenters. The summed E-state index contributed by atoms with van der Waals surface area (Å²) in [4.78, 5) is 14.9. The third-order valence-electron chi connectivity index (χ3n) is 3.46. The molecule has 26 heavy (non-hydrogen) atoms. The first-order valence-electron chi connectivity index (χ1n) is 8.03. The van der Waals surface area contributed by atoms with E-state index in [1.165, 1.54) is 23.9 Å². The molecule has 7 heteroatoms. The van der Waals surface area contributed by atoms with Crippen molar-refractivity contribution in [2.45, 2.75) is 18.2 Å². The molecule has 2 aromatic carbocycles. The van der Waals surface area contributed by atoms with Crippen molar-refractivity contribution in [3.05, 3.63) is 53.3 Å². The van der Waals surface area contributed by atoms with Crippen molar-refractivity contribution in [3.8, 4) is 11.8 Å². The van der Waals surface area contributed by atoms with Gasteiger partial charge in [0.2, 0.25) is 5.91 Å². The van der Waals surface area contributed by atoms with Gasteiger partial charge in [0.15, 0.2) is 0 Å². The van der Waals surface area contributed by atoms with E-state index in [2.05, 4.69) is 6.07 Å². The molecule has 0 aromatic heterocycles. The first-order chi connectivity index (χ1) is 12.5. The van der Waals surface area contributed by atoms with Crippen molar-refractivity contribution in [2.24, 2.45) is 0 Å². The lowest BCUT2D eigenvalue weighted by Gasteiger charge is -2.22. The van der Waals surface area contributed by atoms with Gasteiger partial charge in [0.05, 0.1) is 29.9 Å². The van der Waals surface area contributed by atoms with Crippen LogP contribution in [-0.4, -0.2) is 24.8 Å². The summed E-state index contributed by atoms with van der Waals surface area (Å²) in [7, 11) is 0. The molecule has 0 saturated heterocycles. The molecular weight excluding hydrogens is 375 g/mol. The Morgan fingerprint density at radius 1 is 1.31 bits per heavy atom. The number of rotatable bonds is 8. The van der Waals surface area contributed by atoms with Crippen LogP contribution in [0.3, 0.4) is 0 Å². The molecule has 0 unspecified atom stereocenters. The third-order valence-corrected chi connectivity index (χ3v) is 4.73. The summed E-state index contributed by atoms with van der Waals surface area (Å²) in [5.74, 6) is 0.238. The highest BCUT2D eigenvalue weighted by Crippen LogP contribution is 2.26. The molecule has 2 rings (SSSR count). The molecule has 0 fully saturated rings. The summed E-state index contributed by atoms with van der Waals surface area (Å²) in [6.45, 7) is 2.76. The number of hydrogen-bond acceptors (Lipinski definition) is 4. The Balaban J connectivity index is 2.08. The van der Waals surface area contributed by atoms with E-state index in [4.69, 9.17) is 21.6 Å². The molecule has 4 nitrogen and oxygen atoms in total. The number of halogens is 2. The maximum absolute atomic E-state index is 13.2. The van der Waals surface area contributed by atoms with Crippen molar-refractivity contribution in [2.75, 3.05) is 23.8 Å². The number of anilines is 1. The lowest BCUT2D eigenvalue weighted by Crippen LogP contribution is -2.33. The van der Waals surface area contributed by atoms with Crippen LogP contribution in [0.15, 0.2) is 47.4 Å². The SMILES string of the molecule is CCOc1ccc(N(CCC#N)C(=O)CSc2ccc(F)c(Cl)c2)cc1. The fraction of sp³-hybridized carbons (Fsp3) is 0.263. The lowest BCUT2D eigenvalue weighted by atomic mass is 10.2. The van der Waals surface area contributed by atoms with E-state index in [9.17, 15) is 9.18 Å². The zero-order chi connectivity index (χ0) is 18.9. The maximum Gasteiger partial charge on any atom is 0.237 e. The largest absolute Gasteiger partial charge is 0.494 e. The van der Waals surface area contributed by atoms with Gasteiger partial charge in [0.1, 0.15) is 11.6 Å². The molecule has 136 valence electrons. The van der Waals surface area contributed by atoms with E-state index in [0.717, 1.165) is 5.75 Å². The van der Waals surface area contributed by atoms with E-state index >= 15 is 0 Å². The van der Waals surface area contributed by atoms with E-state index in [-0.39, 0.29) is 23.1 Å². The number of amides is 1. The second kappa shape index (κ2) is 10.0. The Morgan fingerprint density at radius 2 is 2.04 bits per heavy atom. The molecule has 2 aromatic rings. The van der Waals surface area contributed by atoms with Gasteiger partial charge in [-0.3, -0.25) is 4.79 Å². The van der Waals surface area contributed by atoms with Crippen molar-refractivity contribution in [1.29, 1.82) is 5.26 Å². The van der Waals surface area contributed by atoms with Gasteiger partial charge >= 0.3 is 0 Å². The minimum absolute atomic E-state index is 0.0234. The van der Waals surface area contributed by atoms with Crippen LogP contribution in [0.2, 0.25) is 5.02 Å². The van der Waals surface area contributed by atoms with Crippen LogP contribution in [0.1, 0.15) is 13.3 Å². The van der Waals surface area contributed by atoms with Crippen molar-refractivity contribution in [3.63, 3.8) is 0 Å². The Morgan fingerprint density at radius 3 is 2.65 bits per heavy atom. The quantitative estimate of drug-likeness (QED) is 0.598.